The van der Waals surface area contributed by atoms with E-state index < -0.39 is 5.91 Å². The van der Waals surface area contributed by atoms with Crippen molar-refractivity contribution in [3.05, 3.63) is 89.5 Å². The number of carbonyl (C=O) groups excluding carboxylic acids is 2. The molecule has 0 heterocycles. The van der Waals surface area contributed by atoms with Crippen LogP contribution in [0.1, 0.15) is 21.5 Å². The Labute approximate surface area is 191 Å². The van der Waals surface area contributed by atoms with Gasteiger partial charge in [-0.1, -0.05) is 42.5 Å². The van der Waals surface area contributed by atoms with Gasteiger partial charge in [0.05, 0.1) is 12.8 Å². The topological polar surface area (TPSA) is 88.7 Å². The predicted molar refractivity (Wildman–Crippen MR) is 127 cm³/mol. The number of hydrogen-bond donors (Lipinski definition) is 3. The quantitative estimate of drug-likeness (QED) is 0.288. The molecule has 0 aromatic heterocycles. The lowest BCUT2D eigenvalue weighted by Gasteiger charge is -2.14. The highest BCUT2D eigenvalue weighted by molar-refractivity contribution is 7.80. The summed E-state index contributed by atoms with van der Waals surface area (Å²) < 4.78 is 10.8. The van der Waals surface area contributed by atoms with Crippen LogP contribution in [-0.4, -0.2) is 30.5 Å². The summed E-state index contributed by atoms with van der Waals surface area (Å²) in [6, 6.07) is 21.4. The normalized spacial score (nSPS) is 10.1. The average Bonchev–Trinajstić information content (AvgIpc) is 2.82. The number of hydrazine groups is 1. The number of ether oxygens (including phenoxy) is 2. The van der Waals surface area contributed by atoms with E-state index in [9.17, 15) is 9.59 Å². The zero-order valence-electron chi connectivity index (χ0n) is 17.7. The summed E-state index contributed by atoms with van der Waals surface area (Å²) in [5, 5.41) is 3.13. The van der Waals surface area contributed by atoms with Crippen LogP contribution in [0.15, 0.2) is 72.8 Å². The van der Waals surface area contributed by atoms with Crippen molar-refractivity contribution in [1.29, 1.82) is 0 Å². The van der Waals surface area contributed by atoms with Gasteiger partial charge in [0.25, 0.3) is 5.91 Å². The predicted octanol–water partition coefficient (Wildman–Crippen LogP) is 3.63. The van der Waals surface area contributed by atoms with E-state index in [2.05, 4.69) is 16.2 Å². The first kappa shape index (κ1) is 22.8. The molecule has 164 valence electrons. The minimum Gasteiger partial charge on any atom is -0.495 e. The standard InChI is InChI=1S/C24H23N3O4S/c1-16-14-18(23(29)17-8-4-3-5-9-17)12-13-20(16)31-15-22(28)26-27-24(32)25-19-10-6-7-11-21(19)30-2/h3-14H,15H2,1-2H3,(H,26,28)(H2,25,27,32). The van der Waals surface area contributed by atoms with Crippen LogP contribution in [0.5, 0.6) is 11.5 Å². The number of thiocarbonyl (C=S) groups is 1. The van der Waals surface area contributed by atoms with Crippen molar-refractivity contribution in [2.24, 2.45) is 0 Å². The van der Waals surface area contributed by atoms with E-state index in [1.807, 2.05) is 37.3 Å². The van der Waals surface area contributed by atoms with Gasteiger partial charge in [0.1, 0.15) is 11.5 Å². The fourth-order valence-corrected chi connectivity index (χ4v) is 3.08. The van der Waals surface area contributed by atoms with Crippen LogP contribution in [0.2, 0.25) is 0 Å². The third kappa shape index (κ3) is 6.05. The molecule has 3 aromatic carbocycles. The summed E-state index contributed by atoms with van der Waals surface area (Å²) in [6.07, 6.45) is 0. The first-order valence-corrected chi connectivity index (χ1v) is 10.2. The molecule has 3 rings (SSSR count). The molecule has 0 aliphatic rings. The highest BCUT2D eigenvalue weighted by Gasteiger charge is 2.12. The number of hydrogen-bond acceptors (Lipinski definition) is 5. The number of ketones is 1. The third-order valence-electron chi connectivity index (χ3n) is 4.50. The summed E-state index contributed by atoms with van der Waals surface area (Å²) >= 11 is 5.17. The van der Waals surface area contributed by atoms with Crippen LogP contribution in [0.25, 0.3) is 0 Å². The second-order valence-electron chi connectivity index (χ2n) is 6.79. The van der Waals surface area contributed by atoms with Gasteiger partial charge in [0.2, 0.25) is 0 Å². The van der Waals surface area contributed by atoms with Crippen LogP contribution in [0.4, 0.5) is 5.69 Å². The van der Waals surface area contributed by atoms with Crippen molar-refractivity contribution in [2.45, 2.75) is 6.92 Å². The number of aryl methyl sites for hydroxylation is 1. The third-order valence-corrected chi connectivity index (χ3v) is 4.71. The summed E-state index contributed by atoms with van der Waals surface area (Å²) in [7, 11) is 1.56. The molecular weight excluding hydrogens is 426 g/mol. The number of carbonyl (C=O) groups is 2. The first-order valence-electron chi connectivity index (χ1n) is 9.80. The van der Waals surface area contributed by atoms with Crippen LogP contribution in [0, 0.1) is 6.92 Å². The van der Waals surface area contributed by atoms with Gasteiger partial charge in [-0.25, -0.2) is 0 Å². The molecule has 0 spiro atoms. The van der Waals surface area contributed by atoms with Crippen molar-refractivity contribution < 1.29 is 19.1 Å². The van der Waals surface area contributed by atoms with E-state index in [0.717, 1.165) is 5.56 Å². The van der Waals surface area contributed by atoms with E-state index >= 15 is 0 Å². The van der Waals surface area contributed by atoms with Crippen molar-refractivity contribution in [3.8, 4) is 11.5 Å². The molecule has 0 atom stereocenters. The Bertz CT molecular complexity index is 1120. The minimum atomic E-state index is -0.419. The van der Waals surface area contributed by atoms with E-state index in [1.165, 1.54) is 0 Å². The average molecular weight is 450 g/mol. The largest absolute Gasteiger partial charge is 0.495 e. The smallest absolute Gasteiger partial charge is 0.276 e. The fourth-order valence-electron chi connectivity index (χ4n) is 2.92. The Hall–Kier alpha value is -3.91. The van der Waals surface area contributed by atoms with Crippen molar-refractivity contribution in [2.75, 3.05) is 19.0 Å². The molecular formula is C24H23N3O4S. The molecule has 0 aliphatic heterocycles. The summed E-state index contributed by atoms with van der Waals surface area (Å²) in [6.45, 7) is 1.59. The van der Waals surface area contributed by atoms with Gasteiger partial charge in [0.15, 0.2) is 17.5 Å². The van der Waals surface area contributed by atoms with E-state index in [4.69, 9.17) is 21.7 Å². The molecule has 1 amide bonds. The van der Waals surface area contributed by atoms with E-state index in [-0.39, 0.29) is 17.5 Å². The van der Waals surface area contributed by atoms with Gasteiger partial charge >= 0.3 is 0 Å². The zero-order valence-corrected chi connectivity index (χ0v) is 18.5. The number of methoxy groups -OCH3 is 1. The molecule has 0 saturated carbocycles. The molecule has 3 aromatic rings. The first-order chi connectivity index (χ1) is 15.5. The number of anilines is 1. The molecule has 0 radical (unpaired) electrons. The second-order valence-corrected chi connectivity index (χ2v) is 7.20. The summed E-state index contributed by atoms with van der Waals surface area (Å²) in [4.78, 5) is 24.7. The Morgan fingerprint density at radius 2 is 1.59 bits per heavy atom. The Morgan fingerprint density at radius 3 is 2.31 bits per heavy atom. The zero-order chi connectivity index (χ0) is 22.9. The fraction of sp³-hybridized carbons (Fsp3) is 0.125. The maximum Gasteiger partial charge on any atom is 0.276 e. The van der Waals surface area contributed by atoms with Gasteiger partial charge in [-0.15, -0.1) is 0 Å². The van der Waals surface area contributed by atoms with E-state index in [0.29, 0.717) is 28.3 Å². The molecule has 32 heavy (non-hydrogen) atoms. The minimum absolute atomic E-state index is 0.0711. The summed E-state index contributed by atoms with van der Waals surface area (Å²) in [5.74, 6) is 0.645. The SMILES string of the molecule is COc1ccccc1NC(=S)NNC(=O)COc1ccc(C(=O)c2ccccc2)cc1C. The van der Waals surface area contributed by atoms with Crippen molar-refractivity contribution in [3.63, 3.8) is 0 Å². The molecule has 0 unspecified atom stereocenters. The van der Waals surface area contributed by atoms with Crippen molar-refractivity contribution >= 4 is 34.7 Å². The van der Waals surface area contributed by atoms with Crippen molar-refractivity contribution in [1.82, 2.24) is 10.9 Å². The number of para-hydroxylation sites is 2. The lowest BCUT2D eigenvalue weighted by Crippen LogP contribution is -2.45. The number of benzene rings is 3. The maximum atomic E-state index is 12.6. The Morgan fingerprint density at radius 1 is 0.875 bits per heavy atom. The lowest BCUT2D eigenvalue weighted by molar-refractivity contribution is -0.123. The number of amides is 1. The monoisotopic (exact) mass is 449 g/mol. The molecule has 3 N–H and O–H groups in total. The van der Waals surface area contributed by atoms with Crippen LogP contribution in [-0.2, 0) is 4.79 Å². The second kappa shape index (κ2) is 10.9. The van der Waals surface area contributed by atoms with Gasteiger partial charge in [-0.2, -0.15) is 0 Å². The molecule has 7 nitrogen and oxygen atoms in total. The number of rotatable bonds is 7. The highest BCUT2D eigenvalue weighted by Crippen LogP contribution is 2.23. The maximum absolute atomic E-state index is 12.6. The van der Waals surface area contributed by atoms with Gasteiger partial charge in [-0.3, -0.25) is 20.4 Å². The van der Waals surface area contributed by atoms with E-state index in [1.54, 1.807) is 49.6 Å². The van der Waals surface area contributed by atoms with Crippen LogP contribution >= 0.6 is 12.2 Å². The molecule has 0 bridgehead atoms. The molecule has 0 saturated heterocycles. The van der Waals surface area contributed by atoms with Crippen LogP contribution in [0.3, 0.4) is 0 Å². The Kier molecular flexibility index (Phi) is 7.77. The highest BCUT2D eigenvalue weighted by atomic mass is 32.1. The molecule has 0 fully saturated rings. The summed E-state index contributed by atoms with van der Waals surface area (Å²) in [5.41, 5.74) is 7.67. The van der Waals surface area contributed by atoms with Crippen LogP contribution < -0.4 is 25.6 Å². The Balaban J connectivity index is 1.49. The van der Waals surface area contributed by atoms with Gasteiger partial charge < -0.3 is 14.8 Å². The van der Waals surface area contributed by atoms with Gasteiger partial charge in [0, 0.05) is 11.1 Å². The van der Waals surface area contributed by atoms with Gasteiger partial charge in [-0.05, 0) is 55.0 Å². The molecule has 0 aliphatic carbocycles. The number of nitrogens with one attached hydrogen (secondary N) is 3. The molecule has 8 heteroatoms. The lowest BCUT2D eigenvalue weighted by atomic mass is 10.0.